The molecule has 0 N–H and O–H groups in total. The first-order valence-corrected chi connectivity index (χ1v) is 10.9. The maximum absolute atomic E-state index is 13.2. The van der Waals surface area contributed by atoms with Gasteiger partial charge in [0, 0.05) is 13.1 Å². The number of fused-ring (bicyclic) bond motifs is 1. The normalized spacial score (nSPS) is 14.2. The van der Waals surface area contributed by atoms with Crippen LogP contribution in [0.3, 0.4) is 0 Å². The lowest BCUT2D eigenvalue weighted by molar-refractivity contribution is -0.127. The molecule has 0 unspecified atom stereocenters. The minimum Gasteiger partial charge on any atom is -0.342 e. The zero-order valence-electron chi connectivity index (χ0n) is 15.4. The molecule has 5 nitrogen and oxygen atoms in total. The highest BCUT2D eigenvalue weighted by Crippen LogP contribution is 2.26. The third kappa shape index (κ3) is 3.41. The molecule has 140 valence electrons. The monoisotopic (exact) mass is 399 g/mol. The molecule has 0 bridgehead atoms. The molecule has 3 aromatic rings. The van der Waals surface area contributed by atoms with Gasteiger partial charge in [0.25, 0.3) is 5.56 Å². The van der Waals surface area contributed by atoms with Crippen LogP contribution in [0, 0.1) is 13.8 Å². The van der Waals surface area contributed by atoms with Crippen molar-refractivity contribution in [3.63, 3.8) is 0 Å². The average Bonchev–Trinajstić information content (AvgIpc) is 3.34. The number of likely N-dealkylation sites (tertiary alicyclic amines) is 1. The zero-order chi connectivity index (χ0) is 19.0. The second-order valence-electron chi connectivity index (χ2n) is 6.77. The quantitative estimate of drug-likeness (QED) is 0.495. The maximum atomic E-state index is 13.2. The van der Waals surface area contributed by atoms with Crippen molar-refractivity contribution in [1.29, 1.82) is 0 Å². The van der Waals surface area contributed by atoms with E-state index in [1.807, 2.05) is 48.4 Å². The number of carbonyl (C=O) groups is 1. The highest BCUT2D eigenvalue weighted by Gasteiger charge is 2.21. The molecule has 3 heterocycles. The lowest BCUT2D eigenvalue weighted by atomic mass is 10.1. The van der Waals surface area contributed by atoms with Gasteiger partial charge in [-0.1, -0.05) is 23.9 Å². The predicted molar refractivity (Wildman–Crippen MR) is 111 cm³/mol. The molecule has 7 heteroatoms. The van der Waals surface area contributed by atoms with Gasteiger partial charge in [-0.25, -0.2) is 4.98 Å². The van der Waals surface area contributed by atoms with E-state index in [4.69, 9.17) is 4.98 Å². The van der Waals surface area contributed by atoms with E-state index in [-0.39, 0.29) is 11.5 Å². The minimum atomic E-state index is -0.0696. The molecule has 0 saturated carbocycles. The van der Waals surface area contributed by atoms with Crippen LogP contribution in [-0.4, -0.2) is 39.2 Å². The Labute approximate surface area is 166 Å². The molecule has 0 aliphatic carbocycles. The Morgan fingerprint density at radius 1 is 1.22 bits per heavy atom. The third-order valence-corrected chi connectivity index (χ3v) is 6.86. The molecule has 4 rings (SSSR count). The molecule has 0 radical (unpaired) electrons. The summed E-state index contributed by atoms with van der Waals surface area (Å²) < 4.78 is 2.31. The Kier molecular flexibility index (Phi) is 5.06. The summed E-state index contributed by atoms with van der Waals surface area (Å²) in [5, 5.41) is 2.46. The molecular weight excluding hydrogens is 378 g/mol. The van der Waals surface area contributed by atoms with Crippen LogP contribution in [0.2, 0.25) is 0 Å². The van der Waals surface area contributed by atoms with Crippen molar-refractivity contribution in [3.8, 4) is 5.69 Å². The third-order valence-electron chi connectivity index (χ3n) is 5.05. The van der Waals surface area contributed by atoms with E-state index in [0.29, 0.717) is 21.1 Å². The van der Waals surface area contributed by atoms with Gasteiger partial charge in [0.05, 0.1) is 17.0 Å². The maximum Gasteiger partial charge on any atom is 0.276 e. The number of rotatable bonds is 4. The fourth-order valence-electron chi connectivity index (χ4n) is 3.36. The largest absolute Gasteiger partial charge is 0.342 e. The van der Waals surface area contributed by atoms with Crippen LogP contribution in [-0.2, 0) is 4.79 Å². The molecule has 2 aromatic heterocycles. The van der Waals surface area contributed by atoms with Crippen LogP contribution in [0.4, 0.5) is 0 Å². The van der Waals surface area contributed by atoms with Crippen LogP contribution in [0.5, 0.6) is 0 Å². The Bertz CT molecular complexity index is 1060. The fourth-order valence-corrected chi connectivity index (χ4v) is 5.03. The second-order valence-corrected chi connectivity index (χ2v) is 8.62. The Hall–Kier alpha value is -2.12. The number of benzene rings is 1. The molecule has 1 fully saturated rings. The van der Waals surface area contributed by atoms with E-state index in [1.54, 1.807) is 4.57 Å². The summed E-state index contributed by atoms with van der Waals surface area (Å²) in [6, 6.07) is 7.79. The minimum absolute atomic E-state index is 0.0696. The number of amides is 1. The van der Waals surface area contributed by atoms with E-state index in [0.717, 1.165) is 42.7 Å². The topological polar surface area (TPSA) is 55.2 Å². The van der Waals surface area contributed by atoms with Gasteiger partial charge in [0.2, 0.25) is 5.91 Å². The molecule has 1 aromatic carbocycles. The van der Waals surface area contributed by atoms with Crippen molar-refractivity contribution in [1.82, 2.24) is 14.5 Å². The van der Waals surface area contributed by atoms with Gasteiger partial charge in [0.1, 0.15) is 4.70 Å². The first-order valence-electron chi connectivity index (χ1n) is 9.03. The number of thioether (sulfide) groups is 1. The van der Waals surface area contributed by atoms with Gasteiger partial charge in [-0.15, -0.1) is 11.3 Å². The summed E-state index contributed by atoms with van der Waals surface area (Å²) in [5.41, 5.74) is 3.63. The molecule has 27 heavy (non-hydrogen) atoms. The van der Waals surface area contributed by atoms with Crippen molar-refractivity contribution >= 4 is 39.2 Å². The van der Waals surface area contributed by atoms with Crippen LogP contribution in [0.25, 0.3) is 15.9 Å². The predicted octanol–water partition coefficient (Wildman–Crippen LogP) is 3.78. The number of nitrogens with zero attached hydrogens (tertiary/aromatic N) is 3. The highest BCUT2D eigenvalue weighted by atomic mass is 32.2. The smallest absolute Gasteiger partial charge is 0.276 e. The fraction of sp³-hybridized carbons (Fsp3) is 0.350. The summed E-state index contributed by atoms with van der Waals surface area (Å²) in [7, 11) is 0. The summed E-state index contributed by atoms with van der Waals surface area (Å²) in [5.74, 6) is 0.414. The number of carbonyl (C=O) groups excluding carboxylic acids is 1. The molecule has 0 atom stereocenters. The Balaban J connectivity index is 1.77. The summed E-state index contributed by atoms with van der Waals surface area (Å²) in [4.78, 5) is 32.3. The van der Waals surface area contributed by atoms with Crippen molar-refractivity contribution in [2.24, 2.45) is 0 Å². The number of hydrogen-bond donors (Lipinski definition) is 0. The molecule has 1 aliphatic rings. The van der Waals surface area contributed by atoms with Crippen molar-refractivity contribution in [2.45, 2.75) is 31.8 Å². The molecule has 1 aliphatic heterocycles. The number of aryl methyl sites for hydroxylation is 1. The van der Waals surface area contributed by atoms with E-state index in [1.165, 1.54) is 23.1 Å². The van der Waals surface area contributed by atoms with Crippen molar-refractivity contribution in [3.05, 3.63) is 51.1 Å². The zero-order valence-corrected chi connectivity index (χ0v) is 17.0. The van der Waals surface area contributed by atoms with E-state index in [2.05, 4.69) is 0 Å². The summed E-state index contributed by atoms with van der Waals surface area (Å²) in [6.07, 6.45) is 2.14. The van der Waals surface area contributed by atoms with Crippen LogP contribution < -0.4 is 5.56 Å². The highest BCUT2D eigenvalue weighted by molar-refractivity contribution is 7.99. The van der Waals surface area contributed by atoms with Crippen LogP contribution >= 0.6 is 23.1 Å². The molecule has 0 spiro atoms. The van der Waals surface area contributed by atoms with Gasteiger partial charge < -0.3 is 4.90 Å². The molecule has 1 saturated heterocycles. The van der Waals surface area contributed by atoms with Gasteiger partial charge >= 0.3 is 0 Å². The van der Waals surface area contributed by atoms with E-state index in [9.17, 15) is 9.59 Å². The Morgan fingerprint density at radius 3 is 2.78 bits per heavy atom. The van der Waals surface area contributed by atoms with Gasteiger partial charge in [0.15, 0.2) is 5.16 Å². The first kappa shape index (κ1) is 18.3. The SMILES string of the molecule is Cc1cccc(-n2c(SCC(=O)N3CCCC3)nc3ccsc3c2=O)c1C. The summed E-state index contributed by atoms with van der Waals surface area (Å²) >= 11 is 2.76. The average molecular weight is 400 g/mol. The lowest BCUT2D eigenvalue weighted by Crippen LogP contribution is -2.29. The summed E-state index contributed by atoms with van der Waals surface area (Å²) in [6.45, 7) is 5.71. The van der Waals surface area contributed by atoms with Crippen LogP contribution in [0.1, 0.15) is 24.0 Å². The Morgan fingerprint density at radius 2 is 2.00 bits per heavy atom. The van der Waals surface area contributed by atoms with Crippen molar-refractivity contribution < 1.29 is 4.79 Å². The van der Waals surface area contributed by atoms with Crippen LogP contribution in [0.15, 0.2) is 39.6 Å². The number of hydrogen-bond acceptors (Lipinski definition) is 5. The standard InChI is InChI=1S/C20H21N3O2S2/c1-13-6-5-7-16(14(13)2)23-19(25)18-15(8-11-26-18)21-20(23)27-12-17(24)22-9-3-4-10-22/h5-8,11H,3-4,9-10,12H2,1-2H3. The lowest BCUT2D eigenvalue weighted by Gasteiger charge is -2.17. The number of thiophene rings is 1. The second kappa shape index (κ2) is 7.48. The van der Waals surface area contributed by atoms with Gasteiger partial charge in [-0.3, -0.25) is 14.2 Å². The molecular formula is C20H21N3O2S2. The van der Waals surface area contributed by atoms with Crippen molar-refractivity contribution in [2.75, 3.05) is 18.8 Å². The van der Waals surface area contributed by atoms with Gasteiger partial charge in [-0.2, -0.15) is 0 Å². The first-order chi connectivity index (χ1) is 13.1. The number of aromatic nitrogens is 2. The van der Waals surface area contributed by atoms with E-state index >= 15 is 0 Å². The van der Waals surface area contributed by atoms with E-state index < -0.39 is 0 Å². The molecule has 1 amide bonds. The van der Waals surface area contributed by atoms with Gasteiger partial charge in [-0.05, 0) is 55.3 Å².